The molecule has 18 heavy (non-hydrogen) atoms. The summed E-state index contributed by atoms with van der Waals surface area (Å²) in [5.74, 6) is 0.857. The van der Waals surface area contributed by atoms with Crippen molar-refractivity contribution in [2.24, 2.45) is 11.7 Å². The average Bonchev–Trinajstić information content (AvgIpc) is 2.34. The first kappa shape index (κ1) is 17.7. The third kappa shape index (κ3) is 6.03. The first-order valence-corrected chi connectivity index (χ1v) is 6.76. The standard InChI is InChI=1S/C13H26N2O2.ClH/c1-3-17-10-4-5-13(16)15-8-6-12(7-9-15)11(2)14;/h11-12H,3-10,14H2,1-2H3;1H. The number of carbonyl (C=O) groups excluding carboxylic acids is 1. The zero-order valence-electron chi connectivity index (χ0n) is 11.6. The van der Waals surface area contributed by atoms with Gasteiger partial charge in [-0.25, -0.2) is 0 Å². The second kappa shape index (κ2) is 9.59. The number of rotatable bonds is 6. The number of amides is 1. The SMILES string of the molecule is CCOCCCC(=O)N1CCC(C(C)N)CC1.Cl. The van der Waals surface area contributed by atoms with E-state index in [2.05, 4.69) is 6.92 Å². The van der Waals surface area contributed by atoms with Crippen LogP contribution in [0.3, 0.4) is 0 Å². The van der Waals surface area contributed by atoms with Crippen molar-refractivity contribution in [1.29, 1.82) is 0 Å². The molecule has 108 valence electrons. The molecule has 1 unspecified atom stereocenters. The number of hydrogen-bond donors (Lipinski definition) is 1. The Kier molecular flexibility index (Phi) is 9.42. The van der Waals surface area contributed by atoms with E-state index in [-0.39, 0.29) is 24.4 Å². The molecule has 5 heteroatoms. The van der Waals surface area contributed by atoms with Crippen LogP contribution >= 0.6 is 12.4 Å². The highest BCUT2D eigenvalue weighted by Gasteiger charge is 2.24. The summed E-state index contributed by atoms with van der Waals surface area (Å²) >= 11 is 0. The Bertz CT molecular complexity index is 229. The topological polar surface area (TPSA) is 55.6 Å². The molecule has 0 aromatic carbocycles. The van der Waals surface area contributed by atoms with Gasteiger partial charge in [0.25, 0.3) is 0 Å². The summed E-state index contributed by atoms with van der Waals surface area (Å²) in [6.07, 6.45) is 3.55. The molecule has 1 amide bonds. The molecule has 1 saturated heterocycles. The van der Waals surface area contributed by atoms with Crippen molar-refractivity contribution >= 4 is 18.3 Å². The molecule has 1 aliphatic rings. The lowest BCUT2D eigenvalue weighted by Gasteiger charge is -2.33. The molecule has 4 nitrogen and oxygen atoms in total. The van der Waals surface area contributed by atoms with Gasteiger partial charge in [0.2, 0.25) is 5.91 Å². The van der Waals surface area contributed by atoms with Crippen molar-refractivity contribution in [3.8, 4) is 0 Å². The van der Waals surface area contributed by atoms with Gasteiger partial charge in [0.1, 0.15) is 0 Å². The van der Waals surface area contributed by atoms with Gasteiger partial charge in [-0.15, -0.1) is 12.4 Å². The Hall–Kier alpha value is -0.320. The highest BCUT2D eigenvalue weighted by Crippen LogP contribution is 2.20. The second-order valence-corrected chi connectivity index (χ2v) is 4.88. The molecule has 1 atom stereocenters. The minimum atomic E-state index is 0. The largest absolute Gasteiger partial charge is 0.382 e. The van der Waals surface area contributed by atoms with E-state index in [1.54, 1.807) is 0 Å². The maximum atomic E-state index is 11.9. The van der Waals surface area contributed by atoms with Gasteiger partial charge < -0.3 is 15.4 Å². The van der Waals surface area contributed by atoms with E-state index >= 15 is 0 Å². The van der Waals surface area contributed by atoms with Crippen LogP contribution in [-0.4, -0.2) is 43.2 Å². The molecule has 0 radical (unpaired) electrons. The van der Waals surface area contributed by atoms with Crippen LogP contribution in [0.5, 0.6) is 0 Å². The van der Waals surface area contributed by atoms with Crippen molar-refractivity contribution in [1.82, 2.24) is 4.90 Å². The number of carbonyl (C=O) groups is 1. The molecule has 1 aliphatic heterocycles. The van der Waals surface area contributed by atoms with E-state index in [1.807, 2.05) is 11.8 Å². The zero-order valence-corrected chi connectivity index (χ0v) is 12.4. The van der Waals surface area contributed by atoms with Crippen LogP contribution in [0.1, 0.15) is 39.5 Å². The van der Waals surface area contributed by atoms with Gasteiger partial charge in [0.15, 0.2) is 0 Å². The van der Waals surface area contributed by atoms with Crippen molar-refractivity contribution in [3.63, 3.8) is 0 Å². The average molecular weight is 279 g/mol. The molecule has 1 heterocycles. The Morgan fingerprint density at radius 3 is 2.56 bits per heavy atom. The fourth-order valence-corrected chi connectivity index (χ4v) is 2.30. The number of likely N-dealkylation sites (tertiary alicyclic amines) is 1. The predicted molar refractivity (Wildman–Crippen MR) is 75.9 cm³/mol. The summed E-state index contributed by atoms with van der Waals surface area (Å²) in [7, 11) is 0. The van der Waals surface area contributed by atoms with Gasteiger partial charge >= 0.3 is 0 Å². The fourth-order valence-electron chi connectivity index (χ4n) is 2.30. The Balaban J connectivity index is 0.00000289. The lowest BCUT2D eigenvalue weighted by Crippen LogP contribution is -2.42. The molecule has 0 spiro atoms. The summed E-state index contributed by atoms with van der Waals surface area (Å²) in [5, 5.41) is 0. The predicted octanol–water partition coefficient (Wildman–Crippen LogP) is 1.81. The Morgan fingerprint density at radius 1 is 1.44 bits per heavy atom. The van der Waals surface area contributed by atoms with Crippen LogP contribution in [-0.2, 0) is 9.53 Å². The van der Waals surface area contributed by atoms with Gasteiger partial charge in [-0.3, -0.25) is 4.79 Å². The third-order valence-electron chi connectivity index (χ3n) is 3.52. The summed E-state index contributed by atoms with van der Waals surface area (Å²) < 4.78 is 5.23. The smallest absolute Gasteiger partial charge is 0.222 e. The molecule has 0 bridgehead atoms. The number of ether oxygens (including phenoxy) is 1. The fraction of sp³-hybridized carbons (Fsp3) is 0.923. The van der Waals surface area contributed by atoms with Crippen LogP contribution in [0.25, 0.3) is 0 Å². The normalized spacial score (nSPS) is 18.3. The van der Waals surface area contributed by atoms with Crippen LogP contribution < -0.4 is 5.73 Å². The molecular weight excluding hydrogens is 252 g/mol. The van der Waals surface area contributed by atoms with Crippen LogP contribution in [0.2, 0.25) is 0 Å². The van der Waals surface area contributed by atoms with Crippen LogP contribution in [0.4, 0.5) is 0 Å². The van der Waals surface area contributed by atoms with Crippen LogP contribution in [0, 0.1) is 5.92 Å². The second-order valence-electron chi connectivity index (χ2n) is 4.88. The number of nitrogens with zero attached hydrogens (tertiary/aromatic N) is 1. The van der Waals surface area contributed by atoms with E-state index in [0.29, 0.717) is 18.9 Å². The molecule has 1 fully saturated rings. The van der Waals surface area contributed by atoms with E-state index in [1.165, 1.54) is 0 Å². The van der Waals surface area contributed by atoms with E-state index < -0.39 is 0 Å². The minimum Gasteiger partial charge on any atom is -0.382 e. The highest BCUT2D eigenvalue weighted by molar-refractivity contribution is 5.85. The van der Waals surface area contributed by atoms with Gasteiger partial charge in [0.05, 0.1) is 0 Å². The van der Waals surface area contributed by atoms with E-state index in [9.17, 15) is 4.79 Å². The van der Waals surface area contributed by atoms with Gasteiger partial charge in [-0.2, -0.15) is 0 Å². The summed E-state index contributed by atoms with van der Waals surface area (Å²) in [6.45, 7) is 7.21. The van der Waals surface area contributed by atoms with Gasteiger partial charge in [-0.05, 0) is 39.0 Å². The van der Waals surface area contributed by atoms with Gasteiger partial charge in [-0.1, -0.05) is 0 Å². The molecule has 2 N–H and O–H groups in total. The maximum Gasteiger partial charge on any atom is 0.222 e. The summed E-state index contributed by atoms with van der Waals surface area (Å²) in [4.78, 5) is 13.9. The number of halogens is 1. The number of piperidine rings is 1. The molecule has 0 aromatic rings. The Labute approximate surface area is 117 Å². The number of nitrogens with two attached hydrogens (primary N) is 1. The zero-order chi connectivity index (χ0) is 12.7. The first-order chi connectivity index (χ1) is 8.15. The molecule has 0 aromatic heterocycles. The van der Waals surface area contributed by atoms with E-state index in [4.69, 9.17) is 10.5 Å². The van der Waals surface area contributed by atoms with Crippen LogP contribution in [0.15, 0.2) is 0 Å². The van der Waals surface area contributed by atoms with Crippen molar-refractivity contribution in [3.05, 3.63) is 0 Å². The summed E-state index contributed by atoms with van der Waals surface area (Å²) in [5.41, 5.74) is 5.88. The van der Waals surface area contributed by atoms with E-state index in [0.717, 1.165) is 39.0 Å². The Morgan fingerprint density at radius 2 is 2.06 bits per heavy atom. The quantitative estimate of drug-likeness (QED) is 0.754. The first-order valence-electron chi connectivity index (χ1n) is 6.76. The third-order valence-corrected chi connectivity index (χ3v) is 3.52. The summed E-state index contributed by atoms with van der Waals surface area (Å²) in [6, 6.07) is 0.255. The van der Waals surface area contributed by atoms with Crippen molar-refractivity contribution in [2.75, 3.05) is 26.3 Å². The minimum absolute atomic E-state index is 0. The monoisotopic (exact) mass is 278 g/mol. The molecule has 0 aliphatic carbocycles. The number of hydrogen-bond acceptors (Lipinski definition) is 3. The van der Waals surface area contributed by atoms with Crippen molar-refractivity contribution < 1.29 is 9.53 Å². The molecule has 1 rings (SSSR count). The van der Waals surface area contributed by atoms with Gasteiger partial charge in [0, 0.05) is 38.8 Å². The lowest BCUT2D eigenvalue weighted by atomic mass is 9.91. The molecule has 0 saturated carbocycles. The van der Waals surface area contributed by atoms with Crippen molar-refractivity contribution in [2.45, 2.75) is 45.6 Å². The maximum absolute atomic E-state index is 11.9. The lowest BCUT2D eigenvalue weighted by molar-refractivity contribution is -0.133. The highest BCUT2D eigenvalue weighted by atomic mass is 35.5. The molecular formula is C13H27ClN2O2.